The second kappa shape index (κ2) is 11.7. The Balaban J connectivity index is 1.26. The summed E-state index contributed by atoms with van der Waals surface area (Å²) in [4.78, 5) is 36.9. The molecule has 0 saturated carbocycles. The number of nitrogens with zero attached hydrogens (tertiary/aromatic N) is 7. The molecule has 1 aromatic carbocycles. The van der Waals surface area contributed by atoms with Crippen molar-refractivity contribution in [2.24, 2.45) is 0 Å². The molecule has 1 amide bonds. The van der Waals surface area contributed by atoms with Crippen LogP contribution in [0.4, 0.5) is 29.2 Å². The third-order valence-corrected chi connectivity index (χ3v) is 7.93. The Bertz CT molecular complexity index is 1690. The maximum absolute atomic E-state index is 14.0. The summed E-state index contributed by atoms with van der Waals surface area (Å²) in [5.74, 6) is -0.961. The second-order valence-electron chi connectivity index (χ2n) is 10.8. The number of anilines is 2. The zero-order valence-corrected chi connectivity index (χ0v) is 23.7. The number of esters is 1. The fourth-order valence-electron chi connectivity index (χ4n) is 5.85. The zero-order valence-electron chi connectivity index (χ0n) is 23.7. The standard InChI is InChI=1S/C30H29F4N7O3/c1-19(42)44-18-29(43)40-14-13-38(17-25(40)30(32,33)34)27-9-3-7-22(36-27)24-16-35-26-10-11-28(37-41(24)26)39-12-4-8-23(39)20-5-2-6-21(31)15-20/h2-3,5-7,9-11,15-16,23,25H,4,8,12-14,17-18H2,1H3/t23-,25?/m1/s1. The van der Waals surface area contributed by atoms with Crippen molar-refractivity contribution in [2.45, 2.75) is 38.0 Å². The molecule has 2 aliphatic heterocycles. The van der Waals surface area contributed by atoms with Crippen LogP contribution in [-0.2, 0) is 14.3 Å². The van der Waals surface area contributed by atoms with Gasteiger partial charge in [-0.05, 0) is 54.8 Å². The molecule has 2 fully saturated rings. The molecule has 0 radical (unpaired) electrons. The van der Waals surface area contributed by atoms with Crippen LogP contribution in [0.15, 0.2) is 60.8 Å². The number of hydrogen-bond donors (Lipinski definition) is 0. The average Bonchev–Trinajstić information content (AvgIpc) is 3.67. The van der Waals surface area contributed by atoms with Crippen LogP contribution in [0.25, 0.3) is 17.0 Å². The molecule has 1 unspecified atom stereocenters. The summed E-state index contributed by atoms with van der Waals surface area (Å²) in [5.41, 5.74) is 2.44. The number of fused-ring (bicyclic) bond motifs is 1. The summed E-state index contributed by atoms with van der Waals surface area (Å²) in [5, 5.41) is 4.84. The van der Waals surface area contributed by atoms with Crippen LogP contribution >= 0.6 is 0 Å². The van der Waals surface area contributed by atoms with Gasteiger partial charge in [-0.25, -0.2) is 18.9 Å². The molecule has 14 heteroatoms. The molecule has 0 spiro atoms. The van der Waals surface area contributed by atoms with Crippen LogP contribution in [0.2, 0.25) is 0 Å². The number of hydrogen-bond acceptors (Lipinski definition) is 8. The maximum Gasteiger partial charge on any atom is 0.410 e. The van der Waals surface area contributed by atoms with Gasteiger partial charge in [0.2, 0.25) is 0 Å². The highest BCUT2D eigenvalue weighted by Gasteiger charge is 2.48. The first kappa shape index (κ1) is 29.3. The van der Waals surface area contributed by atoms with Gasteiger partial charge in [0.15, 0.2) is 12.3 Å². The van der Waals surface area contributed by atoms with E-state index in [4.69, 9.17) is 5.10 Å². The number of alkyl halides is 3. The van der Waals surface area contributed by atoms with Crippen LogP contribution in [0.5, 0.6) is 0 Å². The van der Waals surface area contributed by atoms with E-state index in [1.54, 1.807) is 41.0 Å². The van der Waals surface area contributed by atoms with Gasteiger partial charge in [0, 0.05) is 33.1 Å². The van der Waals surface area contributed by atoms with Crippen molar-refractivity contribution in [1.29, 1.82) is 0 Å². The van der Waals surface area contributed by atoms with Gasteiger partial charge in [-0.3, -0.25) is 9.59 Å². The molecule has 10 nitrogen and oxygen atoms in total. The number of piperazine rings is 1. The molecule has 0 N–H and O–H groups in total. The minimum Gasteiger partial charge on any atom is -0.456 e. The molecule has 2 saturated heterocycles. The molecule has 2 aliphatic rings. The summed E-state index contributed by atoms with van der Waals surface area (Å²) in [6.45, 7) is 0.422. The molecular weight excluding hydrogens is 582 g/mol. The molecule has 6 rings (SSSR count). The predicted octanol–water partition coefficient (Wildman–Crippen LogP) is 4.41. The van der Waals surface area contributed by atoms with E-state index in [0.717, 1.165) is 31.9 Å². The molecule has 2 atom stereocenters. The van der Waals surface area contributed by atoms with Crippen LogP contribution < -0.4 is 9.80 Å². The summed E-state index contributed by atoms with van der Waals surface area (Å²) in [6, 6.07) is 13.2. The Morgan fingerprint density at radius 3 is 2.61 bits per heavy atom. The van der Waals surface area contributed by atoms with E-state index < -0.39 is 37.2 Å². The molecule has 5 heterocycles. The quantitative estimate of drug-likeness (QED) is 0.234. The smallest absolute Gasteiger partial charge is 0.410 e. The van der Waals surface area contributed by atoms with E-state index in [1.165, 1.54) is 11.0 Å². The van der Waals surface area contributed by atoms with Gasteiger partial charge in [0.1, 0.15) is 29.2 Å². The highest BCUT2D eigenvalue weighted by Crippen LogP contribution is 2.36. The number of benzene rings is 1. The van der Waals surface area contributed by atoms with E-state index in [9.17, 15) is 27.2 Å². The normalized spacial score (nSPS) is 19.1. The lowest BCUT2D eigenvalue weighted by atomic mass is 10.0. The van der Waals surface area contributed by atoms with Crippen LogP contribution in [0.1, 0.15) is 31.4 Å². The number of carbonyl (C=O) groups excluding carboxylic acids is 2. The number of amides is 1. The van der Waals surface area contributed by atoms with Crippen LogP contribution in [-0.4, -0.2) is 81.4 Å². The summed E-state index contributed by atoms with van der Waals surface area (Å²) < 4.78 is 62.4. The molecular formula is C30H29F4N7O3. The fourth-order valence-corrected chi connectivity index (χ4v) is 5.85. The van der Waals surface area contributed by atoms with Crippen molar-refractivity contribution >= 4 is 29.2 Å². The van der Waals surface area contributed by atoms with Gasteiger partial charge < -0.3 is 19.4 Å². The second-order valence-corrected chi connectivity index (χ2v) is 10.8. The van der Waals surface area contributed by atoms with Gasteiger partial charge in [-0.15, -0.1) is 5.10 Å². The van der Waals surface area contributed by atoms with E-state index >= 15 is 0 Å². The molecule has 44 heavy (non-hydrogen) atoms. The first-order valence-corrected chi connectivity index (χ1v) is 14.2. The van der Waals surface area contributed by atoms with Crippen LogP contribution in [0, 0.1) is 5.82 Å². The van der Waals surface area contributed by atoms with E-state index in [-0.39, 0.29) is 24.9 Å². The van der Waals surface area contributed by atoms with Crippen molar-refractivity contribution in [3.05, 3.63) is 72.2 Å². The fraction of sp³-hybridized carbons (Fsp3) is 0.367. The maximum atomic E-state index is 14.0. The Morgan fingerprint density at radius 2 is 1.84 bits per heavy atom. The number of imidazole rings is 1. The highest BCUT2D eigenvalue weighted by atomic mass is 19.4. The van der Waals surface area contributed by atoms with Crippen molar-refractivity contribution in [1.82, 2.24) is 24.5 Å². The molecule has 3 aromatic heterocycles. The number of pyridine rings is 1. The van der Waals surface area contributed by atoms with E-state index in [1.807, 2.05) is 18.2 Å². The highest BCUT2D eigenvalue weighted by molar-refractivity contribution is 5.80. The Kier molecular flexibility index (Phi) is 7.82. The molecule has 0 bridgehead atoms. The van der Waals surface area contributed by atoms with Gasteiger partial charge in [0.05, 0.1) is 17.9 Å². The number of rotatable bonds is 6. The Morgan fingerprint density at radius 1 is 1.02 bits per heavy atom. The lowest BCUT2D eigenvalue weighted by Gasteiger charge is -2.42. The van der Waals surface area contributed by atoms with Gasteiger partial charge in [-0.1, -0.05) is 18.2 Å². The third kappa shape index (κ3) is 5.88. The summed E-state index contributed by atoms with van der Waals surface area (Å²) in [7, 11) is 0. The SMILES string of the molecule is CC(=O)OCC(=O)N1CCN(c2cccc(-c3cnc4ccc(N5CCC[C@@H]5c5cccc(F)c5)nn34)n2)CC1C(F)(F)F. The van der Waals surface area contributed by atoms with Gasteiger partial charge >= 0.3 is 12.1 Å². The number of carbonyl (C=O) groups is 2. The molecule has 230 valence electrons. The number of aromatic nitrogens is 4. The van der Waals surface area contributed by atoms with E-state index in [2.05, 4.69) is 19.6 Å². The van der Waals surface area contributed by atoms with Crippen LogP contribution in [0.3, 0.4) is 0 Å². The van der Waals surface area contributed by atoms with E-state index in [0.29, 0.717) is 33.6 Å². The molecule has 4 aromatic rings. The summed E-state index contributed by atoms with van der Waals surface area (Å²) in [6.07, 6.45) is -1.33. The monoisotopic (exact) mass is 611 g/mol. The Hall–Kier alpha value is -4.75. The average molecular weight is 612 g/mol. The van der Waals surface area contributed by atoms with Gasteiger partial charge in [-0.2, -0.15) is 13.2 Å². The number of ether oxygens (including phenoxy) is 1. The minimum absolute atomic E-state index is 0.0368. The van der Waals surface area contributed by atoms with Gasteiger partial charge in [0.25, 0.3) is 5.91 Å². The lowest BCUT2D eigenvalue weighted by Crippen LogP contribution is -2.61. The number of halogens is 4. The molecule has 0 aliphatic carbocycles. The lowest BCUT2D eigenvalue weighted by molar-refractivity contribution is -0.192. The van der Waals surface area contributed by atoms with Crippen molar-refractivity contribution in [2.75, 3.05) is 42.6 Å². The van der Waals surface area contributed by atoms with Crippen molar-refractivity contribution in [3.8, 4) is 11.4 Å². The first-order valence-electron chi connectivity index (χ1n) is 14.2. The van der Waals surface area contributed by atoms with Crippen molar-refractivity contribution < 1.29 is 31.9 Å². The Labute approximate surface area is 249 Å². The largest absolute Gasteiger partial charge is 0.456 e. The third-order valence-electron chi connectivity index (χ3n) is 7.93. The summed E-state index contributed by atoms with van der Waals surface area (Å²) >= 11 is 0. The first-order chi connectivity index (χ1) is 21.1. The zero-order chi connectivity index (χ0) is 31.0. The minimum atomic E-state index is -4.71. The van der Waals surface area contributed by atoms with Crippen molar-refractivity contribution in [3.63, 3.8) is 0 Å². The predicted molar refractivity (Wildman–Crippen MR) is 152 cm³/mol. The topological polar surface area (TPSA) is 96.2 Å².